The van der Waals surface area contributed by atoms with E-state index in [9.17, 15) is 0 Å². The summed E-state index contributed by atoms with van der Waals surface area (Å²) < 4.78 is 0. The topological polar surface area (TPSA) is 0 Å². The molecule has 0 spiro atoms. The van der Waals surface area contributed by atoms with Gasteiger partial charge in [-0.3, -0.25) is 0 Å². The van der Waals surface area contributed by atoms with Gasteiger partial charge >= 0.3 is 0 Å². The maximum atomic E-state index is 2.53. The van der Waals surface area contributed by atoms with Gasteiger partial charge in [-0.15, -0.1) is 0 Å². The molecule has 0 aromatic carbocycles. The van der Waals surface area contributed by atoms with Crippen molar-refractivity contribution in [3.63, 3.8) is 0 Å². The second-order valence-electron chi connectivity index (χ2n) is 8.43. The molecule has 0 aliphatic heterocycles. The summed E-state index contributed by atoms with van der Waals surface area (Å²) in [4.78, 5) is 0. The summed E-state index contributed by atoms with van der Waals surface area (Å²) >= 11 is 0. The van der Waals surface area contributed by atoms with Gasteiger partial charge in [0, 0.05) is 0 Å². The fourth-order valence-corrected chi connectivity index (χ4v) is 2.86. The molecule has 0 heterocycles. The van der Waals surface area contributed by atoms with Crippen molar-refractivity contribution in [2.45, 2.75) is 81.1 Å². The third-order valence-electron chi connectivity index (χ3n) is 3.12. The predicted molar refractivity (Wildman–Crippen MR) is 80.0 cm³/mol. The normalized spacial score (nSPS) is 16.9. The van der Waals surface area contributed by atoms with Crippen molar-refractivity contribution in [3.05, 3.63) is 6.42 Å². The number of hydrogen-bond donors (Lipinski definition) is 0. The summed E-state index contributed by atoms with van der Waals surface area (Å²) in [5.41, 5.74) is 0.948. The van der Waals surface area contributed by atoms with E-state index in [1.807, 2.05) is 0 Å². The van der Waals surface area contributed by atoms with Crippen LogP contribution in [0.5, 0.6) is 0 Å². The van der Waals surface area contributed by atoms with Crippen LogP contribution in [0.4, 0.5) is 0 Å². The summed E-state index contributed by atoms with van der Waals surface area (Å²) in [5, 5.41) is 0. The summed E-state index contributed by atoms with van der Waals surface area (Å²) in [7, 11) is 0. The van der Waals surface area contributed by atoms with E-state index < -0.39 is 0 Å². The molecule has 0 aliphatic carbocycles. The SMILES string of the molecule is CC([CH]CCC(C)CC(C)(C)C)CC(C)(C)C. The molecule has 0 fully saturated rings. The summed E-state index contributed by atoms with van der Waals surface area (Å²) in [6, 6.07) is 0. The summed E-state index contributed by atoms with van der Waals surface area (Å²) in [6.07, 6.45) is 7.82. The number of rotatable bonds is 6. The van der Waals surface area contributed by atoms with Gasteiger partial charge in [-0.05, 0) is 48.3 Å². The van der Waals surface area contributed by atoms with Gasteiger partial charge < -0.3 is 0 Å². The van der Waals surface area contributed by atoms with Crippen molar-refractivity contribution in [2.24, 2.45) is 22.7 Å². The van der Waals surface area contributed by atoms with Crippen LogP contribution in [0.25, 0.3) is 0 Å². The molecule has 0 aromatic rings. The molecule has 2 atom stereocenters. The molecule has 17 heavy (non-hydrogen) atoms. The fraction of sp³-hybridized carbons (Fsp3) is 0.941. The third kappa shape index (κ3) is 12.2. The lowest BCUT2D eigenvalue weighted by molar-refractivity contribution is 0.289. The lowest BCUT2D eigenvalue weighted by Gasteiger charge is -2.25. The monoisotopic (exact) mass is 239 g/mol. The van der Waals surface area contributed by atoms with Crippen molar-refractivity contribution in [1.82, 2.24) is 0 Å². The first kappa shape index (κ1) is 17.0. The zero-order valence-corrected chi connectivity index (χ0v) is 13.6. The molecule has 0 nitrogen and oxygen atoms in total. The maximum Gasteiger partial charge on any atom is -0.0357 e. The van der Waals surface area contributed by atoms with Crippen molar-refractivity contribution in [2.75, 3.05) is 0 Å². The zero-order valence-electron chi connectivity index (χ0n) is 13.6. The molecule has 0 amide bonds. The van der Waals surface area contributed by atoms with Crippen LogP contribution in [0.15, 0.2) is 0 Å². The molecule has 0 aromatic heterocycles. The zero-order chi connectivity index (χ0) is 13.7. The van der Waals surface area contributed by atoms with E-state index in [2.05, 4.69) is 61.8 Å². The molecule has 0 bridgehead atoms. The van der Waals surface area contributed by atoms with Gasteiger partial charge in [-0.25, -0.2) is 0 Å². The highest BCUT2D eigenvalue weighted by Gasteiger charge is 2.17. The van der Waals surface area contributed by atoms with E-state index >= 15 is 0 Å². The lowest BCUT2D eigenvalue weighted by atomic mass is 9.81. The van der Waals surface area contributed by atoms with Crippen LogP contribution >= 0.6 is 0 Å². The molecule has 0 rings (SSSR count). The molecule has 2 unspecified atom stereocenters. The molecule has 0 aliphatic rings. The van der Waals surface area contributed by atoms with Gasteiger partial charge in [0.15, 0.2) is 0 Å². The van der Waals surface area contributed by atoms with Crippen LogP contribution in [0.2, 0.25) is 0 Å². The molecular weight excluding hydrogens is 204 g/mol. The molecule has 0 saturated carbocycles. The second-order valence-corrected chi connectivity index (χ2v) is 8.43. The van der Waals surface area contributed by atoms with Crippen LogP contribution in [0.3, 0.4) is 0 Å². The highest BCUT2D eigenvalue weighted by atomic mass is 14.2. The van der Waals surface area contributed by atoms with Gasteiger partial charge in [-0.1, -0.05) is 61.8 Å². The molecule has 103 valence electrons. The van der Waals surface area contributed by atoms with Crippen LogP contribution in [-0.2, 0) is 0 Å². The molecule has 0 N–H and O–H groups in total. The van der Waals surface area contributed by atoms with Crippen LogP contribution in [0.1, 0.15) is 81.1 Å². The Hall–Kier alpha value is 0. The van der Waals surface area contributed by atoms with Gasteiger partial charge in [0.2, 0.25) is 0 Å². The van der Waals surface area contributed by atoms with Crippen LogP contribution in [-0.4, -0.2) is 0 Å². The number of hydrogen-bond acceptors (Lipinski definition) is 0. The second kappa shape index (κ2) is 6.81. The Labute approximate surface area is 111 Å². The minimum absolute atomic E-state index is 0.465. The average Bonchev–Trinajstić information content (AvgIpc) is 1.95. The van der Waals surface area contributed by atoms with Gasteiger partial charge in [0.25, 0.3) is 0 Å². The van der Waals surface area contributed by atoms with Gasteiger partial charge in [-0.2, -0.15) is 0 Å². The molecule has 0 saturated heterocycles. The van der Waals surface area contributed by atoms with E-state index in [-0.39, 0.29) is 0 Å². The Morgan fingerprint density at radius 2 is 1.29 bits per heavy atom. The highest BCUT2D eigenvalue weighted by molar-refractivity contribution is 4.78. The largest absolute Gasteiger partial charge is 0.0625 e. The smallest absolute Gasteiger partial charge is 0.0357 e. The van der Waals surface area contributed by atoms with Crippen molar-refractivity contribution in [3.8, 4) is 0 Å². The van der Waals surface area contributed by atoms with E-state index in [4.69, 9.17) is 0 Å². The first-order chi connectivity index (χ1) is 7.49. The predicted octanol–water partition coefficient (Wildman–Crippen LogP) is 6.12. The van der Waals surface area contributed by atoms with E-state index in [0.717, 1.165) is 11.8 Å². The van der Waals surface area contributed by atoms with Crippen LogP contribution in [0, 0.1) is 29.1 Å². The quantitative estimate of drug-likeness (QED) is 0.524. The van der Waals surface area contributed by atoms with Crippen molar-refractivity contribution in [1.29, 1.82) is 0 Å². The minimum Gasteiger partial charge on any atom is -0.0625 e. The van der Waals surface area contributed by atoms with E-state index in [1.54, 1.807) is 0 Å². The Morgan fingerprint density at radius 1 is 0.824 bits per heavy atom. The van der Waals surface area contributed by atoms with Crippen molar-refractivity contribution >= 4 is 0 Å². The fourth-order valence-electron chi connectivity index (χ4n) is 2.86. The average molecular weight is 239 g/mol. The minimum atomic E-state index is 0.465. The third-order valence-corrected chi connectivity index (χ3v) is 3.12. The summed E-state index contributed by atoms with van der Waals surface area (Å²) in [6.45, 7) is 18.8. The Bertz CT molecular complexity index is 167. The first-order valence-electron chi connectivity index (χ1n) is 7.33. The lowest BCUT2D eigenvalue weighted by Crippen LogP contribution is -2.13. The van der Waals surface area contributed by atoms with Gasteiger partial charge in [0.05, 0.1) is 0 Å². The maximum absolute atomic E-state index is 2.53. The van der Waals surface area contributed by atoms with Crippen LogP contribution < -0.4 is 0 Å². The standard InChI is InChI=1S/C17H35/c1-14(12-16(3,4)5)10-9-11-15(2)13-17(6,7)8/h10,14-15H,9,11-13H2,1-8H3. The molecule has 0 heteroatoms. The Kier molecular flexibility index (Phi) is 6.81. The molecular formula is C17H35. The Morgan fingerprint density at radius 3 is 1.71 bits per heavy atom. The first-order valence-corrected chi connectivity index (χ1v) is 7.33. The van der Waals surface area contributed by atoms with Gasteiger partial charge in [0.1, 0.15) is 0 Å². The van der Waals surface area contributed by atoms with E-state index in [0.29, 0.717) is 10.8 Å². The van der Waals surface area contributed by atoms with Crippen molar-refractivity contribution < 1.29 is 0 Å². The Balaban J connectivity index is 3.70. The van der Waals surface area contributed by atoms with E-state index in [1.165, 1.54) is 25.7 Å². The highest BCUT2D eigenvalue weighted by Crippen LogP contribution is 2.29. The summed E-state index contributed by atoms with van der Waals surface area (Å²) in [5.74, 6) is 1.62. The molecule has 1 radical (unpaired) electrons.